The summed E-state index contributed by atoms with van der Waals surface area (Å²) < 4.78 is 0. The lowest BCUT2D eigenvalue weighted by atomic mass is 9.97. The minimum absolute atomic E-state index is 0.156. The van der Waals surface area contributed by atoms with Crippen LogP contribution in [-0.4, -0.2) is 30.5 Å². The zero-order valence-corrected chi connectivity index (χ0v) is 14.0. The highest BCUT2D eigenvalue weighted by atomic mass is 32.1. The number of rotatable bonds is 6. The van der Waals surface area contributed by atoms with Crippen molar-refractivity contribution in [1.82, 2.24) is 10.3 Å². The summed E-state index contributed by atoms with van der Waals surface area (Å²) in [6.07, 6.45) is 10.9. The molecule has 2 heterocycles. The summed E-state index contributed by atoms with van der Waals surface area (Å²) in [6.45, 7) is 2.97. The standard InChI is InChI=1S/C17H25N3OS/c21-16(12-14-6-2-1-3-7-14)18-9-8-15-13-22-17(19-15)20-10-4-5-11-20/h6,13H,1-5,7-12H2,(H,18,21). The predicted molar refractivity (Wildman–Crippen MR) is 91.4 cm³/mol. The molecular formula is C17H25N3OS. The zero-order valence-electron chi connectivity index (χ0n) is 13.1. The Hall–Kier alpha value is -1.36. The molecule has 4 nitrogen and oxygen atoms in total. The highest BCUT2D eigenvalue weighted by Gasteiger charge is 2.15. The number of thiazole rings is 1. The van der Waals surface area contributed by atoms with Gasteiger partial charge in [-0.2, -0.15) is 0 Å². The number of nitrogens with zero attached hydrogens (tertiary/aromatic N) is 2. The first-order valence-corrected chi connectivity index (χ1v) is 9.33. The lowest BCUT2D eigenvalue weighted by molar-refractivity contribution is -0.120. The second-order valence-corrected chi connectivity index (χ2v) is 7.04. The molecule has 1 aromatic rings. The number of hydrogen-bond acceptors (Lipinski definition) is 4. The van der Waals surface area contributed by atoms with Gasteiger partial charge < -0.3 is 10.2 Å². The normalized spacial score (nSPS) is 18.4. The van der Waals surface area contributed by atoms with E-state index in [0.717, 1.165) is 43.2 Å². The molecule has 5 heteroatoms. The van der Waals surface area contributed by atoms with E-state index in [1.165, 1.54) is 31.3 Å². The van der Waals surface area contributed by atoms with E-state index >= 15 is 0 Å². The first kappa shape index (κ1) is 15.5. The van der Waals surface area contributed by atoms with Crippen LogP contribution in [0.5, 0.6) is 0 Å². The van der Waals surface area contributed by atoms with Crippen LogP contribution in [0.4, 0.5) is 5.13 Å². The predicted octanol–water partition coefficient (Wildman–Crippen LogP) is 3.29. The first-order chi connectivity index (χ1) is 10.8. The molecule has 1 aliphatic heterocycles. The number of anilines is 1. The van der Waals surface area contributed by atoms with Gasteiger partial charge in [0, 0.05) is 37.9 Å². The van der Waals surface area contributed by atoms with E-state index in [9.17, 15) is 4.79 Å². The van der Waals surface area contributed by atoms with Gasteiger partial charge in [-0.05, 0) is 38.5 Å². The number of hydrogen-bond donors (Lipinski definition) is 1. The average molecular weight is 319 g/mol. The van der Waals surface area contributed by atoms with Crippen molar-refractivity contribution in [1.29, 1.82) is 0 Å². The van der Waals surface area contributed by atoms with Crippen LogP contribution in [0.1, 0.15) is 50.6 Å². The van der Waals surface area contributed by atoms with Crippen molar-refractivity contribution in [2.45, 2.75) is 51.4 Å². The summed E-state index contributed by atoms with van der Waals surface area (Å²) in [5.74, 6) is 0.156. The average Bonchev–Trinajstić information content (AvgIpc) is 3.19. The highest BCUT2D eigenvalue weighted by molar-refractivity contribution is 7.13. The van der Waals surface area contributed by atoms with Crippen LogP contribution >= 0.6 is 11.3 Å². The minimum Gasteiger partial charge on any atom is -0.355 e. The summed E-state index contributed by atoms with van der Waals surface area (Å²) in [5.41, 5.74) is 2.41. The fourth-order valence-corrected chi connectivity index (χ4v) is 4.04. The molecule has 0 spiro atoms. The van der Waals surface area contributed by atoms with Gasteiger partial charge >= 0.3 is 0 Å². The van der Waals surface area contributed by atoms with E-state index in [4.69, 9.17) is 0 Å². The Morgan fingerprint density at radius 3 is 2.91 bits per heavy atom. The van der Waals surface area contributed by atoms with Gasteiger partial charge in [-0.25, -0.2) is 4.98 Å². The van der Waals surface area contributed by atoms with E-state index in [2.05, 4.69) is 26.7 Å². The van der Waals surface area contributed by atoms with Crippen LogP contribution in [-0.2, 0) is 11.2 Å². The molecule has 0 saturated carbocycles. The largest absolute Gasteiger partial charge is 0.355 e. The molecule has 1 aliphatic carbocycles. The molecule has 1 fully saturated rings. The van der Waals surface area contributed by atoms with Gasteiger partial charge in [-0.15, -0.1) is 11.3 Å². The minimum atomic E-state index is 0.156. The Labute approximate surface area is 136 Å². The maximum atomic E-state index is 11.9. The van der Waals surface area contributed by atoms with Gasteiger partial charge in [0.15, 0.2) is 5.13 Å². The lowest BCUT2D eigenvalue weighted by Crippen LogP contribution is -2.26. The van der Waals surface area contributed by atoms with Crippen molar-refractivity contribution in [2.75, 3.05) is 24.5 Å². The quantitative estimate of drug-likeness (QED) is 0.818. The van der Waals surface area contributed by atoms with E-state index in [-0.39, 0.29) is 5.91 Å². The molecule has 0 bridgehead atoms. The van der Waals surface area contributed by atoms with Crippen LogP contribution in [0.15, 0.2) is 17.0 Å². The van der Waals surface area contributed by atoms with E-state index in [0.29, 0.717) is 13.0 Å². The van der Waals surface area contributed by atoms with Crippen molar-refractivity contribution < 1.29 is 4.79 Å². The van der Waals surface area contributed by atoms with Crippen LogP contribution in [0.3, 0.4) is 0 Å². The number of allylic oxidation sites excluding steroid dienone is 1. The van der Waals surface area contributed by atoms with E-state index < -0.39 is 0 Å². The van der Waals surface area contributed by atoms with E-state index in [1.54, 1.807) is 11.3 Å². The Bertz CT molecular complexity index is 532. The number of amides is 1. The summed E-state index contributed by atoms with van der Waals surface area (Å²) >= 11 is 1.73. The van der Waals surface area contributed by atoms with Gasteiger partial charge in [0.05, 0.1) is 5.69 Å². The molecule has 0 radical (unpaired) electrons. The summed E-state index contributed by atoms with van der Waals surface area (Å²) in [7, 11) is 0. The Morgan fingerprint density at radius 2 is 2.14 bits per heavy atom. The summed E-state index contributed by atoms with van der Waals surface area (Å²) in [5, 5.41) is 6.30. The molecule has 0 aromatic carbocycles. The number of aromatic nitrogens is 1. The molecule has 0 atom stereocenters. The van der Waals surface area contributed by atoms with Crippen LogP contribution in [0, 0.1) is 0 Å². The molecule has 2 aliphatic rings. The van der Waals surface area contributed by atoms with Crippen molar-refractivity contribution in [2.24, 2.45) is 0 Å². The maximum absolute atomic E-state index is 11.9. The third kappa shape index (κ3) is 4.32. The van der Waals surface area contributed by atoms with Gasteiger partial charge in [0.25, 0.3) is 0 Å². The smallest absolute Gasteiger partial charge is 0.224 e. The summed E-state index contributed by atoms with van der Waals surface area (Å²) in [6, 6.07) is 0. The van der Waals surface area contributed by atoms with Crippen molar-refractivity contribution in [3.63, 3.8) is 0 Å². The Kier molecular flexibility index (Phi) is 5.48. The van der Waals surface area contributed by atoms with Crippen LogP contribution in [0.25, 0.3) is 0 Å². The highest BCUT2D eigenvalue weighted by Crippen LogP contribution is 2.24. The Balaban J connectivity index is 1.39. The fourth-order valence-electron chi connectivity index (χ4n) is 3.13. The third-order valence-corrected chi connectivity index (χ3v) is 5.34. The lowest BCUT2D eigenvalue weighted by Gasteiger charge is -2.12. The van der Waals surface area contributed by atoms with Gasteiger partial charge in [0.2, 0.25) is 5.91 Å². The maximum Gasteiger partial charge on any atom is 0.224 e. The number of carbonyl (C=O) groups excluding carboxylic acids is 1. The number of nitrogens with one attached hydrogen (secondary N) is 1. The van der Waals surface area contributed by atoms with Crippen molar-refractivity contribution in [3.8, 4) is 0 Å². The molecule has 1 saturated heterocycles. The molecule has 1 N–H and O–H groups in total. The third-order valence-electron chi connectivity index (χ3n) is 4.39. The molecule has 3 rings (SSSR count). The SMILES string of the molecule is O=C(CC1=CCCCC1)NCCc1csc(N2CCCC2)n1. The monoisotopic (exact) mass is 319 g/mol. The van der Waals surface area contributed by atoms with Gasteiger partial charge in [-0.1, -0.05) is 11.6 Å². The molecule has 0 unspecified atom stereocenters. The van der Waals surface area contributed by atoms with Gasteiger partial charge in [0.1, 0.15) is 0 Å². The van der Waals surface area contributed by atoms with E-state index in [1.807, 2.05) is 0 Å². The fraction of sp³-hybridized carbons (Fsp3) is 0.647. The Morgan fingerprint density at radius 1 is 1.27 bits per heavy atom. The van der Waals surface area contributed by atoms with Crippen molar-refractivity contribution >= 4 is 22.4 Å². The molecule has 1 amide bonds. The van der Waals surface area contributed by atoms with Gasteiger partial charge in [-0.3, -0.25) is 4.79 Å². The second kappa shape index (κ2) is 7.77. The summed E-state index contributed by atoms with van der Waals surface area (Å²) in [4.78, 5) is 19.0. The van der Waals surface area contributed by atoms with Crippen molar-refractivity contribution in [3.05, 3.63) is 22.7 Å². The molecule has 22 heavy (non-hydrogen) atoms. The second-order valence-electron chi connectivity index (χ2n) is 6.20. The molecular weight excluding hydrogens is 294 g/mol. The first-order valence-electron chi connectivity index (χ1n) is 8.45. The molecule has 1 aromatic heterocycles. The number of carbonyl (C=O) groups is 1. The zero-order chi connectivity index (χ0) is 15.2. The molecule has 120 valence electrons. The van der Waals surface area contributed by atoms with Crippen LogP contribution in [0.2, 0.25) is 0 Å². The topological polar surface area (TPSA) is 45.2 Å². The van der Waals surface area contributed by atoms with Crippen LogP contribution < -0.4 is 10.2 Å².